The predicted molar refractivity (Wildman–Crippen MR) is 146 cm³/mol. The SMILES string of the molecule is O=C(Nc1ccc(Oc2ccnc3[nH]nc(O[C@H]4CCNC[C@H]4O)c23)c(F)c1)c1ccnn(-c2ccc(F)cc2)c1=O. The average Bonchev–Trinajstić information content (AvgIpc) is 3.40. The number of rotatable bonds is 7. The normalized spacial score (nSPS) is 16.7. The van der Waals surface area contributed by atoms with E-state index in [1.807, 2.05) is 0 Å². The first-order chi connectivity index (χ1) is 20.4. The number of amides is 1. The van der Waals surface area contributed by atoms with Crippen molar-refractivity contribution in [3.8, 4) is 23.1 Å². The summed E-state index contributed by atoms with van der Waals surface area (Å²) in [5.41, 5.74) is -0.299. The molecule has 0 aliphatic carbocycles. The molecule has 1 amide bonds. The van der Waals surface area contributed by atoms with E-state index in [9.17, 15) is 19.1 Å². The maximum absolute atomic E-state index is 15.1. The van der Waals surface area contributed by atoms with Crippen LogP contribution in [0.3, 0.4) is 0 Å². The molecule has 0 radical (unpaired) electrons. The van der Waals surface area contributed by atoms with E-state index in [1.165, 1.54) is 60.9 Å². The number of aliphatic hydroxyl groups excluding tert-OH is 1. The van der Waals surface area contributed by atoms with Crippen LogP contribution in [0.15, 0.2) is 71.8 Å². The van der Waals surface area contributed by atoms with Gasteiger partial charge in [0, 0.05) is 36.8 Å². The second-order valence-corrected chi connectivity index (χ2v) is 9.42. The first-order valence-corrected chi connectivity index (χ1v) is 12.9. The molecule has 4 heterocycles. The van der Waals surface area contributed by atoms with Gasteiger partial charge in [-0.05, 0) is 55.4 Å². The Labute approximate surface area is 235 Å². The average molecular weight is 576 g/mol. The topological polar surface area (TPSA) is 156 Å². The van der Waals surface area contributed by atoms with Crippen molar-refractivity contribution in [2.75, 3.05) is 18.4 Å². The highest BCUT2D eigenvalue weighted by atomic mass is 19.1. The minimum atomic E-state index is -0.795. The van der Waals surface area contributed by atoms with Crippen LogP contribution >= 0.6 is 0 Å². The van der Waals surface area contributed by atoms with Crippen molar-refractivity contribution in [2.24, 2.45) is 0 Å². The number of anilines is 1. The van der Waals surface area contributed by atoms with Crippen LogP contribution in [-0.2, 0) is 0 Å². The van der Waals surface area contributed by atoms with Gasteiger partial charge in [0.1, 0.15) is 34.7 Å². The Kier molecular flexibility index (Phi) is 7.29. The van der Waals surface area contributed by atoms with E-state index < -0.39 is 35.3 Å². The fourth-order valence-electron chi connectivity index (χ4n) is 4.49. The lowest BCUT2D eigenvalue weighted by Gasteiger charge is -2.28. The maximum atomic E-state index is 15.1. The van der Waals surface area contributed by atoms with Crippen LogP contribution < -0.4 is 25.7 Å². The summed E-state index contributed by atoms with van der Waals surface area (Å²) in [6.45, 7) is 1.06. The van der Waals surface area contributed by atoms with Crippen molar-refractivity contribution in [2.45, 2.75) is 18.6 Å². The molecule has 6 rings (SSSR count). The maximum Gasteiger partial charge on any atom is 0.284 e. The zero-order valence-electron chi connectivity index (χ0n) is 21.8. The summed E-state index contributed by atoms with van der Waals surface area (Å²) >= 11 is 0. The van der Waals surface area contributed by atoms with Gasteiger partial charge in [0.25, 0.3) is 11.5 Å². The van der Waals surface area contributed by atoms with Crippen LogP contribution in [0, 0.1) is 11.6 Å². The number of hydrogen-bond acceptors (Lipinski definition) is 9. The largest absolute Gasteiger partial charge is 0.470 e. The molecule has 5 aromatic rings. The number of aromatic amines is 1. The zero-order valence-corrected chi connectivity index (χ0v) is 21.8. The number of aromatic nitrogens is 5. The molecule has 14 heteroatoms. The molecular formula is C28H23F2N7O5. The monoisotopic (exact) mass is 575 g/mol. The number of β-amino-alcohol motifs (C(OH)–C–C–N with tert-alkyl or cyclic N) is 1. The van der Waals surface area contributed by atoms with Gasteiger partial charge >= 0.3 is 0 Å². The zero-order chi connectivity index (χ0) is 29.2. The third kappa shape index (κ3) is 5.40. The van der Waals surface area contributed by atoms with Crippen molar-refractivity contribution < 1.29 is 28.2 Å². The van der Waals surface area contributed by atoms with E-state index in [1.54, 1.807) is 0 Å². The highest BCUT2D eigenvalue weighted by Gasteiger charge is 2.27. The van der Waals surface area contributed by atoms with Crippen molar-refractivity contribution in [1.29, 1.82) is 0 Å². The molecule has 4 N–H and O–H groups in total. The van der Waals surface area contributed by atoms with E-state index in [-0.39, 0.29) is 34.3 Å². The molecule has 1 aliphatic heterocycles. The molecule has 1 fully saturated rings. The van der Waals surface area contributed by atoms with Gasteiger partial charge in [0.05, 0.1) is 5.69 Å². The number of aliphatic hydroxyl groups is 1. The van der Waals surface area contributed by atoms with Crippen LogP contribution in [0.25, 0.3) is 16.7 Å². The Balaban J connectivity index is 1.21. The number of H-pyrrole nitrogens is 1. The quantitative estimate of drug-likeness (QED) is 0.229. The van der Waals surface area contributed by atoms with Crippen LogP contribution in [-0.4, -0.2) is 61.3 Å². The van der Waals surface area contributed by atoms with Crippen LogP contribution in [0.4, 0.5) is 14.5 Å². The molecule has 0 unspecified atom stereocenters. The molecule has 0 bridgehead atoms. The second kappa shape index (κ2) is 11.3. The number of carbonyl (C=O) groups is 1. The number of fused-ring (bicyclic) bond motifs is 1. The van der Waals surface area contributed by atoms with E-state index in [0.717, 1.165) is 10.7 Å². The van der Waals surface area contributed by atoms with Gasteiger partial charge in [0.2, 0.25) is 5.88 Å². The molecule has 3 aromatic heterocycles. The summed E-state index contributed by atoms with van der Waals surface area (Å²) in [4.78, 5) is 30.0. The molecule has 1 saturated heterocycles. The smallest absolute Gasteiger partial charge is 0.284 e. The molecule has 1 aliphatic rings. The summed E-state index contributed by atoms with van der Waals surface area (Å²) < 4.78 is 41.2. The molecule has 2 atom stereocenters. The summed E-state index contributed by atoms with van der Waals surface area (Å²) in [7, 11) is 0. The Morgan fingerprint density at radius 1 is 1.07 bits per heavy atom. The molecule has 214 valence electrons. The number of ether oxygens (including phenoxy) is 2. The molecule has 2 aromatic carbocycles. The van der Waals surface area contributed by atoms with Crippen molar-refractivity contribution in [3.63, 3.8) is 0 Å². The van der Waals surface area contributed by atoms with Crippen LogP contribution in [0.1, 0.15) is 16.8 Å². The van der Waals surface area contributed by atoms with Crippen molar-refractivity contribution in [1.82, 2.24) is 30.3 Å². The van der Waals surface area contributed by atoms with Gasteiger partial charge in [-0.1, -0.05) is 0 Å². The van der Waals surface area contributed by atoms with Crippen LogP contribution in [0.5, 0.6) is 17.4 Å². The van der Waals surface area contributed by atoms with Gasteiger partial charge in [-0.15, -0.1) is 5.10 Å². The van der Waals surface area contributed by atoms with Crippen LogP contribution in [0.2, 0.25) is 0 Å². The third-order valence-corrected chi connectivity index (χ3v) is 6.61. The number of pyridine rings is 1. The van der Waals surface area contributed by atoms with E-state index in [4.69, 9.17) is 9.47 Å². The molecule has 12 nitrogen and oxygen atoms in total. The number of benzene rings is 2. The summed E-state index contributed by atoms with van der Waals surface area (Å²) in [5.74, 6) is -1.86. The lowest BCUT2D eigenvalue weighted by molar-refractivity contribution is 0.0145. The van der Waals surface area contributed by atoms with Gasteiger partial charge in [-0.3, -0.25) is 14.7 Å². The summed E-state index contributed by atoms with van der Waals surface area (Å²) in [5, 5.41) is 27.0. The van der Waals surface area contributed by atoms with Gasteiger partial charge in [-0.25, -0.2) is 13.8 Å². The van der Waals surface area contributed by atoms with E-state index in [2.05, 4.69) is 30.9 Å². The third-order valence-electron chi connectivity index (χ3n) is 6.61. The minimum absolute atomic E-state index is 0.0708. The first-order valence-electron chi connectivity index (χ1n) is 12.9. The number of nitrogens with zero attached hydrogens (tertiary/aromatic N) is 4. The highest BCUT2D eigenvalue weighted by Crippen LogP contribution is 2.36. The number of halogens is 2. The Hall–Kier alpha value is -5.21. The molecule has 0 saturated carbocycles. The summed E-state index contributed by atoms with van der Waals surface area (Å²) in [6, 6.07) is 11.6. The Bertz CT molecular complexity index is 1830. The fourth-order valence-corrected chi connectivity index (χ4v) is 4.49. The predicted octanol–water partition coefficient (Wildman–Crippen LogP) is 2.93. The minimum Gasteiger partial charge on any atom is -0.470 e. The number of nitrogens with one attached hydrogen (secondary N) is 3. The first kappa shape index (κ1) is 27.0. The lowest BCUT2D eigenvalue weighted by Crippen LogP contribution is -2.46. The molecular weight excluding hydrogens is 552 g/mol. The Morgan fingerprint density at radius 3 is 2.69 bits per heavy atom. The second-order valence-electron chi connectivity index (χ2n) is 9.42. The van der Waals surface area contributed by atoms with Crippen molar-refractivity contribution >= 4 is 22.6 Å². The Morgan fingerprint density at radius 2 is 1.90 bits per heavy atom. The van der Waals surface area contributed by atoms with E-state index >= 15 is 4.39 Å². The number of carbonyl (C=O) groups excluding carboxylic acids is 1. The van der Waals surface area contributed by atoms with Gasteiger partial charge < -0.3 is 25.2 Å². The van der Waals surface area contributed by atoms with Gasteiger partial charge in [-0.2, -0.15) is 9.78 Å². The highest BCUT2D eigenvalue weighted by molar-refractivity contribution is 6.04. The number of hydrogen-bond donors (Lipinski definition) is 4. The lowest BCUT2D eigenvalue weighted by atomic mass is 10.1. The number of piperidine rings is 1. The molecule has 0 spiro atoms. The standard InChI is InChI=1S/C28H23F2N7O5/c29-15-1-4-17(5-2-15)37-28(40)18(7-12-33-37)26(39)34-16-3-6-21(19(30)13-16)41-23-9-11-32-25-24(23)27(36-35-25)42-22-8-10-31-14-20(22)38/h1-7,9,11-13,20,22,31,38H,8,10,14H2,(H,34,39)(H,32,35,36)/t20-,22+/m1/s1. The fraction of sp³-hybridized carbons (Fsp3) is 0.179. The van der Waals surface area contributed by atoms with Crippen molar-refractivity contribution in [3.05, 3.63) is 94.5 Å². The summed E-state index contributed by atoms with van der Waals surface area (Å²) in [6.07, 6.45) is 2.05. The van der Waals surface area contributed by atoms with E-state index in [0.29, 0.717) is 30.5 Å². The van der Waals surface area contributed by atoms with Gasteiger partial charge in [0.15, 0.2) is 17.2 Å². The molecule has 42 heavy (non-hydrogen) atoms.